The van der Waals surface area contributed by atoms with Gasteiger partial charge in [0.2, 0.25) is 11.8 Å². The number of benzene rings is 1. The summed E-state index contributed by atoms with van der Waals surface area (Å²) in [6.07, 6.45) is 7.52. The summed E-state index contributed by atoms with van der Waals surface area (Å²) in [5.41, 5.74) is 6.15. The minimum absolute atomic E-state index is 0.156. The second kappa shape index (κ2) is 8.16. The molecule has 0 radical (unpaired) electrons. The second-order valence-electron chi connectivity index (χ2n) is 6.48. The largest absolute Gasteiger partial charge is 0.490 e. The Balaban J connectivity index is 1.59. The molecule has 3 rings (SSSR count). The van der Waals surface area contributed by atoms with Crippen LogP contribution < -0.4 is 10.5 Å². The minimum atomic E-state index is -0.728. The van der Waals surface area contributed by atoms with Crippen LogP contribution in [0.1, 0.15) is 31.2 Å². The van der Waals surface area contributed by atoms with Crippen molar-refractivity contribution >= 4 is 17.9 Å². The first-order valence-electron chi connectivity index (χ1n) is 8.76. The van der Waals surface area contributed by atoms with Gasteiger partial charge in [-0.2, -0.15) is 0 Å². The molecule has 6 nitrogen and oxygen atoms in total. The summed E-state index contributed by atoms with van der Waals surface area (Å²) >= 11 is 0. The number of carbonyl (C=O) groups is 2. The van der Waals surface area contributed by atoms with Gasteiger partial charge in [0.15, 0.2) is 6.10 Å². The molecule has 1 aliphatic carbocycles. The average Bonchev–Trinajstić information content (AvgIpc) is 3.13. The molecule has 1 aromatic carbocycles. The van der Waals surface area contributed by atoms with Crippen LogP contribution in [-0.4, -0.2) is 48.6 Å². The van der Waals surface area contributed by atoms with Crippen LogP contribution in [0.2, 0.25) is 0 Å². The molecule has 2 N–H and O–H groups in total. The van der Waals surface area contributed by atoms with Crippen molar-refractivity contribution in [1.82, 2.24) is 4.90 Å². The van der Waals surface area contributed by atoms with Crippen molar-refractivity contribution in [2.75, 3.05) is 19.7 Å². The van der Waals surface area contributed by atoms with Gasteiger partial charge in [-0.1, -0.05) is 12.1 Å². The van der Waals surface area contributed by atoms with Gasteiger partial charge in [0.05, 0.1) is 19.3 Å². The number of hydrogen-bond acceptors (Lipinski definition) is 4. The van der Waals surface area contributed by atoms with Gasteiger partial charge in [-0.15, -0.1) is 0 Å². The topological polar surface area (TPSA) is 81.9 Å². The van der Waals surface area contributed by atoms with Crippen molar-refractivity contribution in [3.8, 4) is 5.75 Å². The van der Waals surface area contributed by atoms with Gasteiger partial charge in [-0.05, 0) is 49.5 Å². The Bertz CT molecular complexity index is 653. The van der Waals surface area contributed by atoms with Gasteiger partial charge in [-0.3, -0.25) is 9.59 Å². The lowest BCUT2D eigenvalue weighted by atomic mass is 10.2. The van der Waals surface area contributed by atoms with E-state index in [9.17, 15) is 9.59 Å². The molecule has 25 heavy (non-hydrogen) atoms. The van der Waals surface area contributed by atoms with E-state index < -0.39 is 12.0 Å². The quantitative estimate of drug-likeness (QED) is 0.825. The Hall–Kier alpha value is -2.34. The van der Waals surface area contributed by atoms with Crippen LogP contribution >= 0.6 is 0 Å². The van der Waals surface area contributed by atoms with Gasteiger partial charge < -0.3 is 20.1 Å². The molecule has 1 saturated carbocycles. The van der Waals surface area contributed by atoms with Gasteiger partial charge in [0.25, 0.3) is 0 Å². The first-order chi connectivity index (χ1) is 12.1. The summed E-state index contributed by atoms with van der Waals surface area (Å²) in [5.74, 6) is 0.136. The summed E-state index contributed by atoms with van der Waals surface area (Å²) in [7, 11) is 0. The lowest BCUT2D eigenvalue weighted by Gasteiger charge is -2.30. The standard InChI is InChI=1S/C19H24N2O4/c20-19(23)17-13-21(10-11-24-17)18(22)9-8-14-4-3-7-16(12-14)25-15-5-1-2-6-15/h3-4,7-9,12,15,17H,1-2,5-6,10-11,13H2,(H2,20,23). The SMILES string of the molecule is NC(=O)C1CN(C(=O)C=Cc2cccc(OC3CCCC3)c2)CCO1. The van der Waals surface area contributed by atoms with Crippen molar-refractivity contribution < 1.29 is 19.1 Å². The van der Waals surface area contributed by atoms with Crippen LogP contribution in [0.3, 0.4) is 0 Å². The molecule has 134 valence electrons. The minimum Gasteiger partial charge on any atom is -0.490 e. The Labute approximate surface area is 147 Å². The van der Waals surface area contributed by atoms with E-state index in [-0.39, 0.29) is 12.5 Å². The maximum atomic E-state index is 12.3. The van der Waals surface area contributed by atoms with E-state index >= 15 is 0 Å². The number of ether oxygens (including phenoxy) is 2. The molecule has 2 aliphatic rings. The zero-order valence-electron chi connectivity index (χ0n) is 14.2. The highest BCUT2D eigenvalue weighted by atomic mass is 16.5. The third kappa shape index (κ3) is 4.82. The maximum Gasteiger partial charge on any atom is 0.248 e. The highest BCUT2D eigenvalue weighted by Crippen LogP contribution is 2.24. The van der Waals surface area contributed by atoms with Crippen LogP contribution in [0.5, 0.6) is 5.75 Å². The summed E-state index contributed by atoms with van der Waals surface area (Å²) in [5, 5.41) is 0. The van der Waals surface area contributed by atoms with E-state index in [1.807, 2.05) is 24.3 Å². The van der Waals surface area contributed by atoms with E-state index in [0.29, 0.717) is 19.3 Å². The summed E-state index contributed by atoms with van der Waals surface area (Å²) < 4.78 is 11.2. The summed E-state index contributed by atoms with van der Waals surface area (Å²) in [6.45, 7) is 0.971. The smallest absolute Gasteiger partial charge is 0.248 e. The zero-order valence-corrected chi connectivity index (χ0v) is 14.2. The third-order valence-corrected chi connectivity index (χ3v) is 4.58. The lowest BCUT2D eigenvalue weighted by Crippen LogP contribution is -2.50. The number of amides is 2. The fourth-order valence-corrected chi connectivity index (χ4v) is 3.18. The van der Waals surface area contributed by atoms with Crippen molar-refractivity contribution in [2.24, 2.45) is 5.73 Å². The van der Waals surface area contributed by atoms with E-state index in [1.54, 1.807) is 11.0 Å². The van der Waals surface area contributed by atoms with Crippen LogP contribution in [0.15, 0.2) is 30.3 Å². The van der Waals surface area contributed by atoms with Gasteiger partial charge >= 0.3 is 0 Å². The van der Waals surface area contributed by atoms with Crippen LogP contribution in [-0.2, 0) is 14.3 Å². The molecule has 1 unspecified atom stereocenters. The summed E-state index contributed by atoms with van der Waals surface area (Å²) in [4.78, 5) is 25.1. The second-order valence-corrected chi connectivity index (χ2v) is 6.48. The van der Waals surface area contributed by atoms with E-state index in [4.69, 9.17) is 15.2 Å². The average molecular weight is 344 g/mol. The van der Waals surface area contributed by atoms with Crippen LogP contribution in [0.25, 0.3) is 6.08 Å². The van der Waals surface area contributed by atoms with Gasteiger partial charge in [0.1, 0.15) is 5.75 Å². The monoisotopic (exact) mass is 344 g/mol. The molecule has 2 fully saturated rings. The zero-order chi connectivity index (χ0) is 17.6. The van der Waals surface area contributed by atoms with E-state index in [0.717, 1.165) is 24.2 Å². The molecular weight excluding hydrogens is 320 g/mol. The lowest BCUT2D eigenvalue weighted by molar-refractivity contribution is -0.142. The Morgan fingerprint density at radius 1 is 1.28 bits per heavy atom. The molecule has 0 aromatic heterocycles. The number of morpholine rings is 1. The molecule has 2 amide bonds. The van der Waals surface area contributed by atoms with Crippen molar-refractivity contribution in [3.63, 3.8) is 0 Å². The molecule has 1 saturated heterocycles. The Morgan fingerprint density at radius 3 is 2.84 bits per heavy atom. The molecule has 1 aliphatic heterocycles. The van der Waals surface area contributed by atoms with E-state index in [1.165, 1.54) is 18.9 Å². The fourth-order valence-electron chi connectivity index (χ4n) is 3.18. The van der Waals surface area contributed by atoms with Crippen LogP contribution in [0.4, 0.5) is 0 Å². The highest BCUT2D eigenvalue weighted by molar-refractivity contribution is 5.92. The highest BCUT2D eigenvalue weighted by Gasteiger charge is 2.26. The number of hydrogen-bond donors (Lipinski definition) is 1. The predicted octanol–water partition coefficient (Wildman–Crippen LogP) is 1.73. The van der Waals surface area contributed by atoms with Crippen molar-refractivity contribution in [2.45, 2.75) is 37.9 Å². The van der Waals surface area contributed by atoms with Crippen molar-refractivity contribution in [3.05, 3.63) is 35.9 Å². The predicted molar refractivity (Wildman–Crippen MR) is 93.9 cm³/mol. The van der Waals surface area contributed by atoms with Crippen LogP contribution in [0, 0.1) is 0 Å². The maximum absolute atomic E-state index is 12.3. The molecule has 0 bridgehead atoms. The number of rotatable bonds is 5. The Kier molecular flexibility index (Phi) is 5.71. The number of carbonyl (C=O) groups excluding carboxylic acids is 2. The number of nitrogens with zero attached hydrogens (tertiary/aromatic N) is 1. The number of nitrogens with two attached hydrogens (primary N) is 1. The first kappa shape index (κ1) is 17.5. The first-order valence-corrected chi connectivity index (χ1v) is 8.76. The summed E-state index contributed by atoms with van der Waals surface area (Å²) in [6, 6.07) is 7.73. The Morgan fingerprint density at radius 2 is 2.08 bits per heavy atom. The van der Waals surface area contributed by atoms with Crippen molar-refractivity contribution in [1.29, 1.82) is 0 Å². The molecular formula is C19H24N2O4. The number of primary amides is 1. The van der Waals surface area contributed by atoms with E-state index in [2.05, 4.69) is 0 Å². The molecule has 1 atom stereocenters. The molecule has 1 heterocycles. The molecule has 6 heteroatoms. The van der Waals surface area contributed by atoms with Gasteiger partial charge in [-0.25, -0.2) is 0 Å². The normalized spacial score (nSPS) is 21.6. The van der Waals surface area contributed by atoms with Gasteiger partial charge in [0, 0.05) is 12.6 Å². The fraction of sp³-hybridized carbons (Fsp3) is 0.474. The third-order valence-electron chi connectivity index (χ3n) is 4.58. The molecule has 1 aromatic rings. The molecule has 0 spiro atoms.